The van der Waals surface area contributed by atoms with Gasteiger partial charge in [0.1, 0.15) is 5.60 Å². The summed E-state index contributed by atoms with van der Waals surface area (Å²) in [6, 6.07) is 6.10. The van der Waals surface area contributed by atoms with Gasteiger partial charge >= 0.3 is 0 Å². The molecule has 0 radical (unpaired) electrons. The number of rotatable bonds is 3. The number of carbonyl (C=O) groups is 1. The third-order valence-electron chi connectivity index (χ3n) is 4.56. The maximum Gasteiger partial charge on any atom is 0.168 e. The van der Waals surface area contributed by atoms with Gasteiger partial charge in [-0.25, -0.2) is 0 Å². The SMILES string of the molecule is Cc1ccc(CC(=O)C2(O)CCC(C)CC2)cc1C. The van der Waals surface area contributed by atoms with Crippen molar-refractivity contribution in [1.29, 1.82) is 0 Å². The van der Waals surface area contributed by atoms with Crippen LogP contribution in [0.15, 0.2) is 18.2 Å². The molecule has 0 heterocycles. The standard InChI is InChI=1S/C17H24O2/c1-12-6-8-17(19,9-7-12)16(18)11-15-5-4-13(2)14(3)10-15/h4-5,10,12,19H,6-9,11H2,1-3H3. The quantitative estimate of drug-likeness (QED) is 0.905. The molecule has 0 spiro atoms. The lowest BCUT2D eigenvalue weighted by Gasteiger charge is -2.33. The van der Waals surface area contributed by atoms with E-state index >= 15 is 0 Å². The lowest BCUT2D eigenvalue weighted by Crippen LogP contribution is -2.42. The third kappa shape index (κ3) is 3.24. The summed E-state index contributed by atoms with van der Waals surface area (Å²) in [6.07, 6.45) is 3.51. The summed E-state index contributed by atoms with van der Waals surface area (Å²) in [7, 11) is 0. The van der Waals surface area contributed by atoms with Crippen molar-refractivity contribution < 1.29 is 9.90 Å². The van der Waals surface area contributed by atoms with Gasteiger partial charge in [-0.3, -0.25) is 4.79 Å². The van der Waals surface area contributed by atoms with Gasteiger partial charge in [-0.15, -0.1) is 0 Å². The Morgan fingerprint density at radius 2 is 1.89 bits per heavy atom. The van der Waals surface area contributed by atoms with Crippen molar-refractivity contribution in [3.63, 3.8) is 0 Å². The number of aliphatic hydroxyl groups is 1. The molecule has 0 bridgehead atoms. The first kappa shape index (κ1) is 14.3. The van der Waals surface area contributed by atoms with Gasteiger partial charge in [-0.2, -0.15) is 0 Å². The van der Waals surface area contributed by atoms with Crippen LogP contribution in [0.4, 0.5) is 0 Å². The van der Waals surface area contributed by atoms with Crippen LogP contribution in [0.2, 0.25) is 0 Å². The fourth-order valence-corrected chi connectivity index (χ4v) is 2.78. The number of benzene rings is 1. The molecule has 1 aliphatic rings. The highest BCUT2D eigenvalue weighted by molar-refractivity contribution is 5.89. The minimum Gasteiger partial charge on any atom is -0.382 e. The zero-order valence-electron chi connectivity index (χ0n) is 12.2. The number of ketones is 1. The third-order valence-corrected chi connectivity index (χ3v) is 4.56. The van der Waals surface area contributed by atoms with E-state index in [2.05, 4.69) is 26.8 Å². The highest BCUT2D eigenvalue weighted by Gasteiger charge is 2.38. The second-order valence-corrected chi connectivity index (χ2v) is 6.23. The molecule has 0 atom stereocenters. The molecule has 0 aromatic heterocycles. The molecule has 1 aromatic carbocycles. The second-order valence-electron chi connectivity index (χ2n) is 6.23. The molecule has 0 aliphatic heterocycles. The van der Waals surface area contributed by atoms with Crippen LogP contribution >= 0.6 is 0 Å². The van der Waals surface area contributed by atoms with Crippen molar-refractivity contribution >= 4 is 5.78 Å². The van der Waals surface area contributed by atoms with Crippen molar-refractivity contribution in [2.75, 3.05) is 0 Å². The average molecular weight is 260 g/mol. The summed E-state index contributed by atoms with van der Waals surface area (Å²) < 4.78 is 0. The Kier molecular flexibility index (Phi) is 4.10. The summed E-state index contributed by atoms with van der Waals surface area (Å²) in [5.74, 6) is 0.623. The first-order chi connectivity index (χ1) is 8.90. The molecule has 2 heteroatoms. The highest BCUT2D eigenvalue weighted by Crippen LogP contribution is 2.33. The Bertz CT molecular complexity index is 468. The molecular formula is C17H24O2. The Balaban J connectivity index is 2.06. The lowest BCUT2D eigenvalue weighted by atomic mass is 9.76. The predicted molar refractivity (Wildman–Crippen MR) is 77.2 cm³/mol. The Morgan fingerprint density at radius 1 is 1.26 bits per heavy atom. The van der Waals surface area contributed by atoms with E-state index in [1.807, 2.05) is 12.1 Å². The maximum absolute atomic E-state index is 12.3. The normalized spacial score (nSPS) is 27.3. The van der Waals surface area contributed by atoms with Gasteiger partial charge in [0.15, 0.2) is 5.78 Å². The number of Topliss-reactive ketones (excluding diaryl/α,β-unsaturated/α-hetero) is 1. The molecule has 2 rings (SSSR count). The van der Waals surface area contributed by atoms with Crippen molar-refractivity contribution in [2.45, 2.75) is 58.5 Å². The lowest BCUT2D eigenvalue weighted by molar-refractivity contribution is -0.140. The van der Waals surface area contributed by atoms with Crippen LogP contribution < -0.4 is 0 Å². The van der Waals surface area contributed by atoms with Crippen LogP contribution in [-0.4, -0.2) is 16.5 Å². The molecule has 1 saturated carbocycles. The predicted octanol–water partition coefficient (Wildman–Crippen LogP) is 3.36. The zero-order chi connectivity index (χ0) is 14.0. The smallest absolute Gasteiger partial charge is 0.168 e. The summed E-state index contributed by atoms with van der Waals surface area (Å²) in [5.41, 5.74) is 2.38. The van der Waals surface area contributed by atoms with Crippen molar-refractivity contribution in [1.82, 2.24) is 0 Å². The van der Waals surface area contributed by atoms with Gasteiger partial charge in [0.25, 0.3) is 0 Å². The molecule has 0 unspecified atom stereocenters. The number of aryl methyl sites for hydroxylation is 2. The second kappa shape index (κ2) is 5.46. The number of hydrogen-bond donors (Lipinski definition) is 1. The van der Waals surface area contributed by atoms with Gasteiger partial charge in [0.2, 0.25) is 0 Å². The van der Waals surface area contributed by atoms with Crippen molar-refractivity contribution in [3.05, 3.63) is 34.9 Å². The average Bonchev–Trinajstić information content (AvgIpc) is 2.37. The van der Waals surface area contributed by atoms with E-state index in [1.54, 1.807) is 0 Å². The Hall–Kier alpha value is -1.15. The van der Waals surface area contributed by atoms with E-state index in [-0.39, 0.29) is 5.78 Å². The van der Waals surface area contributed by atoms with Crippen LogP contribution in [0.25, 0.3) is 0 Å². The largest absolute Gasteiger partial charge is 0.382 e. The maximum atomic E-state index is 12.3. The van der Waals surface area contributed by atoms with Crippen LogP contribution in [0, 0.1) is 19.8 Å². The summed E-state index contributed by atoms with van der Waals surface area (Å²) in [5, 5.41) is 10.5. The van der Waals surface area contributed by atoms with Gasteiger partial charge in [0.05, 0.1) is 0 Å². The molecular weight excluding hydrogens is 236 g/mol. The first-order valence-electron chi connectivity index (χ1n) is 7.22. The Morgan fingerprint density at radius 3 is 2.47 bits per heavy atom. The van der Waals surface area contributed by atoms with Gasteiger partial charge in [-0.1, -0.05) is 25.1 Å². The molecule has 1 fully saturated rings. The van der Waals surface area contributed by atoms with Gasteiger partial charge in [0, 0.05) is 6.42 Å². The fourth-order valence-electron chi connectivity index (χ4n) is 2.78. The van der Waals surface area contributed by atoms with E-state index in [1.165, 1.54) is 11.1 Å². The fraction of sp³-hybridized carbons (Fsp3) is 0.588. The van der Waals surface area contributed by atoms with Gasteiger partial charge < -0.3 is 5.11 Å². The topological polar surface area (TPSA) is 37.3 Å². The van der Waals surface area contributed by atoms with Crippen molar-refractivity contribution in [2.24, 2.45) is 5.92 Å². The minimum absolute atomic E-state index is 0.0114. The van der Waals surface area contributed by atoms with Crippen LogP contribution in [0.1, 0.15) is 49.3 Å². The molecule has 1 N–H and O–H groups in total. The van der Waals surface area contributed by atoms with E-state index in [0.29, 0.717) is 25.2 Å². The summed E-state index contributed by atoms with van der Waals surface area (Å²) in [4.78, 5) is 12.3. The molecule has 1 aromatic rings. The van der Waals surface area contributed by atoms with Crippen LogP contribution in [0.5, 0.6) is 0 Å². The van der Waals surface area contributed by atoms with Crippen LogP contribution in [-0.2, 0) is 11.2 Å². The molecule has 0 saturated heterocycles. The summed E-state index contributed by atoms with van der Waals surface area (Å²) >= 11 is 0. The van der Waals surface area contributed by atoms with E-state index < -0.39 is 5.60 Å². The van der Waals surface area contributed by atoms with E-state index in [4.69, 9.17) is 0 Å². The zero-order valence-corrected chi connectivity index (χ0v) is 12.2. The molecule has 104 valence electrons. The number of carbonyl (C=O) groups excluding carboxylic acids is 1. The Labute approximate surface area is 115 Å². The molecule has 0 amide bonds. The van der Waals surface area contributed by atoms with Crippen LogP contribution in [0.3, 0.4) is 0 Å². The van der Waals surface area contributed by atoms with E-state index in [9.17, 15) is 9.90 Å². The molecule has 19 heavy (non-hydrogen) atoms. The van der Waals surface area contributed by atoms with E-state index in [0.717, 1.165) is 18.4 Å². The molecule has 2 nitrogen and oxygen atoms in total. The highest BCUT2D eigenvalue weighted by atomic mass is 16.3. The minimum atomic E-state index is -1.08. The monoisotopic (exact) mass is 260 g/mol. The van der Waals surface area contributed by atoms with Crippen molar-refractivity contribution in [3.8, 4) is 0 Å². The number of hydrogen-bond acceptors (Lipinski definition) is 2. The summed E-state index contributed by atoms with van der Waals surface area (Å²) in [6.45, 7) is 6.31. The molecule has 1 aliphatic carbocycles. The first-order valence-corrected chi connectivity index (χ1v) is 7.22. The van der Waals surface area contributed by atoms with Gasteiger partial charge in [-0.05, 0) is 62.1 Å².